The minimum Gasteiger partial charge on any atom is -0.356 e. The second-order valence-corrected chi connectivity index (χ2v) is 7.60. The number of ketones is 1. The zero-order chi connectivity index (χ0) is 20.4. The van der Waals surface area contributed by atoms with E-state index in [-0.39, 0.29) is 17.7 Å². The number of H-pyrrole nitrogens is 1. The molecule has 1 aliphatic rings. The number of aromatic amines is 1. The van der Waals surface area contributed by atoms with E-state index in [1.807, 2.05) is 35.9 Å². The lowest BCUT2D eigenvalue weighted by Gasteiger charge is -2.30. The van der Waals surface area contributed by atoms with Crippen LogP contribution in [0.1, 0.15) is 51.0 Å². The van der Waals surface area contributed by atoms with E-state index < -0.39 is 0 Å². The Morgan fingerprint density at radius 3 is 2.55 bits per heavy atom. The third kappa shape index (κ3) is 4.14. The number of benzene rings is 1. The lowest BCUT2D eigenvalue weighted by molar-refractivity contribution is 0.102. The normalized spacial score (nSPS) is 15.4. The Morgan fingerprint density at radius 1 is 1.10 bits per heavy atom. The molecule has 7 nitrogen and oxygen atoms in total. The molecule has 4 rings (SSSR count). The van der Waals surface area contributed by atoms with Crippen molar-refractivity contribution in [2.75, 3.05) is 25.5 Å². The molecule has 1 aliphatic heterocycles. The van der Waals surface area contributed by atoms with E-state index in [1.165, 1.54) is 0 Å². The number of amides is 1. The number of likely N-dealkylation sites (tertiary alicyclic amines) is 1. The number of hydrogen-bond donors (Lipinski definition) is 2. The topological polar surface area (TPSA) is 83.0 Å². The molecule has 0 spiro atoms. The van der Waals surface area contributed by atoms with Crippen LogP contribution >= 0.6 is 0 Å². The molecule has 2 aromatic heterocycles. The molecule has 0 bridgehead atoms. The molecule has 0 aliphatic carbocycles. The summed E-state index contributed by atoms with van der Waals surface area (Å²) in [7, 11) is 2.12. The van der Waals surface area contributed by atoms with Crippen molar-refractivity contribution >= 4 is 17.5 Å². The molecule has 1 fully saturated rings. The van der Waals surface area contributed by atoms with Gasteiger partial charge in [-0.2, -0.15) is 5.10 Å². The van der Waals surface area contributed by atoms with Gasteiger partial charge in [0.1, 0.15) is 11.5 Å². The van der Waals surface area contributed by atoms with Crippen molar-refractivity contribution in [1.29, 1.82) is 0 Å². The van der Waals surface area contributed by atoms with Crippen LogP contribution in [0.3, 0.4) is 0 Å². The van der Waals surface area contributed by atoms with Crippen LogP contribution in [-0.4, -0.2) is 51.5 Å². The summed E-state index contributed by atoms with van der Waals surface area (Å²) in [5, 5.41) is 7.55. The molecule has 0 atom stereocenters. The van der Waals surface area contributed by atoms with Gasteiger partial charge in [0.15, 0.2) is 5.78 Å². The fourth-order valence-corrected chi connectivity index (χ4v) is 3.72. The molecule has 7 heteroatoms. The van der Waals surface area contributed by atoms with Gasteiger partial charge in [0.25, 0.3) is 5.91 Å². The highest BCUT2D eigenvalue weighted by molar-refractivity contribution is 6.11. The number of carbonyl (C=O) groups excluding carboxylic acids is 2. The van der Waals surface area contributed by atoms with Gasteiger partial charge in [-0.15, -0.1) is 0 Å². The molecule has 2 N–H and O–H groups in total. The lowest BCUT2D eigenvalue weighted by Crippen LogP contribution is -2.32. The Kier molecular flexibility index (Phi) is 5.31. The Balaban J connectivity index is 1.49. The summed E-state index contributed by atoms with van der Waals surface area (Å²) in [6.45, 7) is 3.95. The Morgan fingerprint density at radius 2 is 1.83 bits per heavy atom. The highest BCUT2D eigenvalue weighted by atomic mass is 16.2. The summed E-state index contributed by atoms with van der Waals surface area (Å²) in [5.41, 5.74) is 2.26. The number of nitrogens with zero attached hydrogens (tertiary/aromatic N) is 3. The predicted molar refractivity (Wildman–Crippen MR) is 111 cm³/mol. The quantitative estimate of drug-likeness (QED) is 0.654. The third-order valence-corrected chi connectivity index (χ3v) is 5.36. The van der Waals surface area contributed by atoms with Gasteiger partial charge in [-0.25, -0.2) is 4.68 Å². The monoisotopic (exact) mass is 391 g/mol. The minimum atomic E-state index is -0.286. The molecule has 3 aromatic rings. The van der Waals surface area contributed by atoms with Crippen LogP contribution in [0.15, 0.2) is 48.7 Å². The van der Waals surface area contributed by atoms with Crippen molar-refractivity contribution in [3.05, 3.63) is 71.2 Å². The van der Waals surface area contributed by atoms with E-state index in [9.17, 15) is 9.59 Å². The van der Waals surface area contributed by atoms with E-state index in [0.29, 0.717) is 22.6 Å². The maximum absolute atomic E-state index is 12.8. The molecular formula is C22H25N5O2. The molecule has 1 aromatic carbocycles. The average molecular weight is 391 g/mol. The number of rotatable bonds is 5. The summed E-state index contributed by atoms with van der Waals surface area (Å²) in [4.78, 5) is 30.6. The van der Waals surface area contributed by atoms with Gasteiger partial charge in [-0.3, -0.25) is 9.59 Å². The van der Waals surface area contributed by atoms with Crippen LogP contribution in [0.25, 0.3) is 0 Å². The van der Waals surface area contributed by atoms with Crippen molar-refractivity contribution in [3.8, 4) is 0 Å². The number of anilines is 1. The maximum atomic E-state index is 12.8. The summed E-state index contributed by atoms with van der Waals surface area (Å²) in [5.74, 6) is 0.284. The summed E-state index contributed by atoms with van der Waals surface area (Å²) in [6.07, 6.45) is 3.57. The Bertz CT molecular complexity index is 1010. The van der Waals surface area contributed by atoms with E-state index >= 15 is 0 Å². The van der Waals surface area contributed by atoms with Crippen LogP contribution in [0.4, 0.5) is 5.82 Å². The molecule has 0 unspecified atom stereocenters. The lowest BCUT2D eigenvalue weighted by atomic mass is 10.1. The van der Waals surface area contributed by atoms with Gasteiger partial charge in [-0.1, -0.05) is 30.3 Å². The van der Waals surface area contributed by atoms with E-state index in [0.717, 1.165) is 31.6 Å². The molecule has 0 radical (unpaired) electrons. The van der Waals surface area contributed by atoms with Gasteiger partial charge < -0.3 is 15.2 Å². The van der Waals surface area contributed by atoms with Gasteiger partial charge >= 0.3 is 0 Å². The van der Waals surface area contributed by atoms with Crippen molar-refractivity contribution < 1.29 is 9.59 Å². The number of aryl methyl sites for hydroxylation is 1. The highest BCUT2D eigenvalue weighted by Gasteiger charge is 2.23. The largest absolute Gasteiger partial charge is 0.356 e. The predicted octanol–water partition coefficient (Wildman–Crippen LogP) is 3.27. The molecular weight excluding hydrogens is 366 g/mol. The van der Waals surface area contributed by atoms with Gasteiger partial charge in [0.2, 0.25) is 0 Å². The number of hydrogen-bond acceptors (Lipinski definition) is 4. The molecule has 1 amide bonds. The SMILES string of the molecule is Cc1cc(NC(=O)c2cc(C(=O)c3ccccc3)c[nH]2)n(C2CCN(C)CC2)n1. The van der Waals surface area contributed by atoms with E-state index in [4.69, 9.17) is 0 Å². The number of piperidine rings is 1. The van der Waals surface area contributed by atoms with E-state index in [1.54, 1.807) is 24.4 Å². The van der Waals surface area contributed by atoms with Crippen LogP contribution < -0.4 is 5.32 Å². The first-order valence-corrected chi connectivity index (χ1v) is 9.85. The first-order chi connectivity index (χ1) is 14.0. The average Bonchev–Trinajstić information content (AvgIpc) is 3.36. The number of carbonyl (C=O) groups is 2. The number of nitrogens with one attached hydrogen (secondary N) is 2. The van der Waals surface area contributed by atoms with Crippen molar-refractivity contribution in [3.63, 3.8) is 0 Å². The van der Waals surface area contributed by atoms with Crippen molar-refractivity contribution in [2.24, 2.45) is 0 Å². The van der Waals surface area contributed by atoms with Crippen molar-refractivity contribution in [2.45, 2.75) is 25.8 Å². The first-order valence-electron chi connectivity index (χ1n) is 9.85. The molecule has 0 saturated carbocycles. The summed E-state index contributed by atoms with van der Waals surface area (Å²) in [6, 6.07) is 12.8. The number of aromatic nitrogens is 3. The van der Waals surface area contributed by atoms with Crippen LogP contribution in [0.2, 0.25) is 0 Å². The molecule has 1 saturated heterocycles. The maximum Gasteiger partial charge on any atom is 0.273 e. The first kappa shape index (κ1) is 19.1. The van der Waals surface area contributed by atoms with Crippen LogP contribution in [0, 0.1) is 6.92 Å². The van der Waals surface area contributed by atoms with E-state index in [2.05, 4.69) is 27.3 Å². The molecule has 3 heterocycles. The zero-order valence-electron chi connectivity index (χ0n) is 16.7. The standard InChI is InChI=1S/C22H25N5O2/c1-15-12-20(27(25-15)18-8-10-26(2)11-9-18)24-22(29)19-13-17(14-23-19)21(28)16-6-4-3-5-7-16/h3-7,12-14,18,23H,8-11H2,1-2H3,(H,24,29). The fourth-order valence-electron chi connectivity index (χ4n) is 3.72. The third-order valence-electron chi connectivity index (χ3n) is 5.36. The van der Waals surface area contributed by atoms with Crippen molar-refractivity contribution in [1.82, 2.24) is 19.7 Å². The highest BCUT2D eigenvalue weighted by Crippen LogP contribution is 2.26. The van der Waals surface area contributed by atoms with Crippen LogP contribution in [0.5, 0.6) is 0 Å². The summed E-state index contributed by atoms with van der Waals surface area (Å²) >= 11 is 0. The second-order valence-electron chi connectivity index (χ2n) is 7.60. The second kappa shape index (κ2) is 8.05. The smallest absolute Gasteiger partial charge is 0.273 e. The fraction of sp³-hybridized carbons (Fsp3) is 0.318. The molecule has 29 heavy (non-hydrogen) atoms. The Hall–Kier alpha value is -3.19. The van der Waals surface area contributed by atoms with Gasteiger partial charge in [0, 0.05) is 23.4 Å². The van der Waals surface area contributed by atoms with Gasteiger partial charge in [0.05, 0.1) is 11.7 Å². The molecule has 150 valence electrons. The Labute approximate surface area is 169 Å². The summed E-state index contributed by atoms with van der Waals surface area (Å²) < 4.78 is 1.93. The zero-order valence-corrected chi connectivity index (χ0v) is 16.7. The van der Waals surface area contributed by atoms with Crippen LogP contribution in [-0.2, 0) is 0 Å². The van der Waals surface area contributed by atoms with Gasteiger partial charge in [-0.05, 0) is 46.0 Å². The minimum absolute atomic E-state index is 0.117.